The summed E-state index contributed by atoms with van der Waals surface area (Å²) in [7, 11) is -3.97. The normalized spacial score (nSPS) is 11.8. The summed E-state index contributed by atoms with van der Waals surface area (Å²) in [5.41, 5.74) is 0.788. The molecule has 0 unspecified atom stereocenters. The van der Waals surface area contributed by atoms with E-state index in [1.54, 1.807) is 17.9 Å². The van der Waals surface area contributed by atoms with Gasteiger partial charge in [0.25, 0.3) is 5.91 Å². The number of nitrogens with two attached hydrogens (primary N) is 1. The average Bonchev–Trinajstić information content (AvgIpc) is 2.36. The minimum atomic E-state index is -3.97. The molecule has 21 heavy (non-hydrogen) atoms. The summed E-state index contributed by atoms with van der Waals surface area (Å²) < 4.78 is 23.1. The van der Waals surface area contributed by atoms with Gasteiger partial charge in [-0.05, 0) is 37.5 Å². The quantitative estimate of drug-likeness (QED) is 0.899. The van der Waals surface area contributed by atoms with Gasteiger partial charge in [-0.25, -0.2) is 13.6 Å². The molecule has 0 bridgehead atoms. The van der Waals surface area contributed by atoms with Crippen LogP contribution in [0, 0.1) is 12.8 Å². The zero-order chi connectivity index (χ0) is 16.4. The first-order valence-corrected chi connectivity index (χ1v) is 8.62. The van der Waals surface area contributed by atoms with Crippen molar-refractivity contribution in [1.29, 1.82) is 0 Å². The van der Waals surface area contributed by atoms with E-state index < -0.39 is 10.0 Å². The third kappa shape index (κ3) is 4.43. The van der Waals surface area contributed by atoms with E-state index in [4.69, 9.17) is 16.7 Å². The monoisotopic (exact) mass is 332 g/mol. The predicted molar refractivity (Wildman–Crippen MR) is 84.0 cm³/mol. The van der Waals surface area contributed by atoms with Crippen molar-refractivity contribution < 1.29 is 13.2 Å². The predicted octanol–water partition coefficient (Wildman–Crippen LogP) is 2.41. The fraction of sp³-hybridized carbons (Fsp3) is 0.500. The number of carbonyl (C=O) groups excluding carboxylic acids is 1. The number of nitrogens with zero attached hydrogens (tertiary/aromatic N) is 1. The van der Waals surface area contributed by atoms with Gasteiger partial charge in [-0.3, -0.25) is 4.79 Å². The molecule has 5 nitrogen and oxygen atoms in total. The second-order valence-corrected chi connectivity index (χ2v) is 7.30. The molecule has 2 N–H and O–H groups in total. The van der Waals surface area contributed by atoms with Crippen LogP contribution in [0.5, 0.6) is 0 Å². The highest BCUT2D eigenvalue weighted by Crippen LogP contribution is 2.26. The summed E-state index contributed by atoms with van der Waals surface area (Å²) in [4.78, 5) is 14.0. The lowest BCUT2D eigenvalue weighted by atomic mass is 10.1. The lowest BCUT2D eigenvalue weighted by Crippen LogP contribution is -2.34. The zero-order valence-corrected chi connectivity index (χ0v) is 14.3. The highest BCUT2D eigenvalue weighted by Gasteiger charge is 2.21. The topological polar surface area (TPSA) is 80.5 Å². The summed E-state index contributed by atoms with van der Waals surface area (Å²) in [5.74, 6) is 0.0934. The van der Waals surface area contributed by atoms with Crippen LogP contribution in [0.3, 0.4) is 0 Å². The molecule has 118 valence electrons. The van der Waals surface area contributed by atoms with Gasteiger partial charge in [0.2, 0.25) is 10.0 Å². The van der Waals surface area contributed by atoms with Crippen molar-refractivity contribution in [3.63, 3.8) is 0 Å². The fourth-order valence-corrected chi connectivity index (χ4v) is 3.18. The first kappa shape index (κ1) is 17.9. The molecule has 1 aromatic carbocycles. The average molecular weight is 333 g/mol. The summed E-state index contributed by atoms with van der Waals surface area (Å²) >= 11 is 5.97. The van der Waals surface area contributed by atoms with Gasteiger partial charge in [0.15, 0.2) is 0 Å². The Morgan fingerprint density at radius 2 is 1.95 bits per heavy atom. The number of carbonyl (C=O) groups is 1. The van der Waals surface area contributed by atoms with Crippen LogP contribution in [0.2, 0.25) is 5.02 Å². The number of halogens is 1. The maximum Gasteiger partial charge on any atom is 0.253 e. The second kappa shape index (κ2) is 6.77. The summed E-state index contributed by atoms with van der Waals surface area (Å²) in [6.07, 6.45) is 0. The molecule has 0 fully saturated rings. The van der Waals surface area contributed by atoms with Crippen molar-refractivity contribution in [2.24, 2.45) is 11.1 Å². The zero-order valence-electron chi connectivity index (χ0n) is 12.7. The largest absolute Gasteiger partial charge is 0.339 e. The molecule has 1 rings (SSSR count). The summed E-state index contributed by atoms with van der Waals surface area (Å²) in [6.45, 7) is 8.69. The number of primary sulfonamides is 1. The molecule has 1 aromatic rings. The van der Waals surface area contributed by atoms with Crippen LogP contribution in [-0.2, 0) is 10.0 Å². The first-order valence-electron chi connectivity index (χ1n) is 6.70. The molecule has 0 aliphatic carbocycles. The maximum absolute atomic E-state index is 12.5. The molecule has 0 spiro atoms. The summed E-state index contributed by atoms with van der Waals surface area (Å²) in [5, 5.41) is 5.20. The van der Waals surface area contributed by atoms with Crippen molar-refractivity contribution in [2.75, 3.05) is 13.1 Å². The Labute approximate surface area is 131 Å². The molecule has 7 heteroatoms. The molecule has 0 aromatic heterocycles. The SMILES string of the molecule is CCN(CC(C)C)C(=O)c1cc(C)c(Cl)c(S(N)(=O)=O)c1. The lowest BCUT2D eigenvalue weighted by Gasteiger charge is -2.23. The number of benzene rings is 1. The van der Waals surface area contributed by atoms with Gasteiger partial charge in [-0.1, -0.05) is 25.4 Å². The number of sulfonamides is 1. The van der Waals surface area contributed by atoms with Gasteiger partial charge in [-0.15, -0.1) is 0 Å². The van der Waals surface area contributed by atoms with Crippen molar-refractivity contribution in [2.45, 2.75) is 32.6 Å². The molecule has 0 atom stereocenters. The molecule has 0 aliphatic rings. The number of rotatable bonds is 5. The lowest BCUT2D eigenvalue weighted by molar-refractivity contribution is 0.0745. The second-order valence-electron chi connectivity index (χ2n) is 5.39. The smallest absolute Gasteiger partial charge is 0.253 e. The van der Waals surface area contributed by atoms with Gasteiger partial charge in [0, 0.05) is 18.7 Å². The van der Waals surface area contributed by atoms with E-state index in [1.807, 2.05) is 20.8 Å². The van der Waals surface area contributed by atoms with Gasteiger partial charge < -0.3 is 4.90 Å². The van der Waals surface area contributed by atoms with Crippen LogP contribution in [0.4, 0.5) is 0 Å². The molecular weight excluding hydrogens is 312 g/mol. The van der Waals surface area contributed by atoms with Crippen LogP contribution >= 0.6 is 11.6 Å². The van der Waals surface area contributed by atoms with Crippen molar-refractivity contribution >= 4 is 27.5 Å². The van der Waals surface area contributed by atoms with Crippen LogP contribution in [0.25, 0.3) is 0 Å². The maximum atomic E-state index is 12.5. The van der Waals surface area contributed by atoms with Crippen LogP contribution in [0.1, 0.15) is 36.7 Å². The molecule has 0 heterocycles. The van der Waals surface area contributed by atoms with Gasteiger partial charge in [0.05, 0.1) is 5.02 Å². The number of amides is 1. The van der Waals surface area contributed by atoms with Gasteiger partial charge in [0.1, 0.15) is 4.90 Å². The Bertz CT molecular complexity index is 642. The highest BCUT2D eigenvalue weighted by atomic mass is 35.5. The van der Waals surface area contributed by atoms with Crippen LogP contribution in [0.15, 0.2) is 17.0 Å². The number of hydrogen-bond acceptors (Lipinski definition) is 3. The first-order chi connectivity index (χ1) is 9.57. The Balaban J connectivity index is 3.31. The van der Waals surface area contributed by atoms with Crippen molar-refractivity contribution in [3.05, 3.63) is 28.3 Å². The van der Waals surface area contributed by atoms with Crippen LogP contribution < -0.4 is 5.14 Å². The van der Waals surface area contributed by atoms with E-state index in [-0.39, 0.29) is 21.4 Å². The molecule has 0 saturated heterocycles. The molecule has 1 amide bonds. The molecule has 0 saturated carbocycles. The Morgan fingerprint density at radius 3 is 2.38 bits per heavy atom. The number of hydrogen-bond donors (Lipinski definition) is 1. The Hall–Kier alpha value is -1.11. The molecular formula is C14H21ClN2O3S. The van der Waals surface area contributed by atoms with E-state index in [0.717, 1.165) is 0 Å². The van der Waals surface area contributed by atoms with Gasteiger partial charge in [-0.2, -0.15) is 0 Å². The van der Waals surface area contributed by atoms with Crippen molar-refractivity contribution in [3.8, 4) is 0 Å². The summed E-state index contributed by atoms with van der Waals surface area (Å²) in [6, 6.07) is 2.83. The molecule has 0 aliphatic heterocycles. The van der Waals surface area contributed by atoms with E-state index in [0.29, 0.717) is 24.6 Å². The van der Waals surface area contributed by atoms with E-state index in [1.165, 1.54) is 6.07 Å². The standard InChI is InChI=1S/C14H21ClN2O3S/c1-5-17(8-9(2)3)14(18)11-6-10(4)13(15)12(7-11)21(16,19)20/h6-7,9H,5,8H2,1-4H3,(H2,16,19,20). The number of aryl methyl sites for hydroxylation is 1. The van der Waals surface area contributed by atoms with E-state index in [9.17, 15) is 13.2 Å². The minimum Gasteiger partial charge on any atom is -0.339 e. The Kier molecular flexibility index (Phi) is 5.78. The van der Waals surface area contributed by atoms with Crippen molar-refractivity contribution in [1.82, 2.24) is 4.90 Å². The fourth-order valence-electron chi connectivity index (χ4n) is 2.05. The third-order valence-electron chi connectivity index (χ3n) is 3.03. The molecule has 0 radical (unpaired) electrons. The van der Waals surface area contributed by atoms with Crippen LogP contribution in [-0.4, -0.2) is 32.3 Å². The van der Waals surface area contributed by atoms with E-state index >= 15 is 0 Å². The third-order valence-corrected chi connectivity index (χ3v) is 4.58. The Morgan fingerprint density at radius 1 is 1.38 bits per heavy atom. The van der Waals surface area contributed by atoms with Gasteiger partial charge >= 0.3 is 0 Å². The minimum absolute atomic E-state index is 0.0564. The van der Waals surface area contributed by atoms with E-state index in [2.05, 4.69) is 0 Å². The highest BCUT2D eigenvalue weighted by molar-refractivity contribution is 7.89.